The lowest BCUT2D eigenvalue weighted by Crippen LogP contribution is -2.38. The number of benzene rings is 1. The van der Waals surface area contributed by atoms with Crippen LogP contribution in [0.15, 0.2) is 24.3 Å². The molecule has 0 aromatic heterocycles. The minimum atomic E-state index is -0.945. The molecule has 0 unspecified atom stereocenters. The highest BCUT2D eigenvalue weighted by molar-refractivity contribution is 5.71. The second-order valence-electron chi connectivity index (χ2n) is 4.07. The maximum atomic E-state index is 11.3. The summed E-state index contributed by atoms with van der Waals surface area (Å²) in [5.74, 6) is -0.439. The average Bonchev–Trinajstić information content (AvgIpc) is 2.38. The first-order valence-corrected chi connectivity index (χ1v) is 5.53. The van der Waals surface area contributed by atoms with Gasteiger partial charge in [0.1, 0.15) is 0 Å². The maximum absolute atomic E-state index is 11.3. The van der Waals surface area contributed by atoms with Crippen molar-refractivity contribution in [2.24, 2.45) is 5.73 Å². The number of ether oxygens (including phenoxy) is 1. The van der Waals surface area contributed by atoms with Crippen LogP contribution in [0.3, 0.4) is 0 Å². The number of hydrogen-bond donors (Lipinski definition) is 1. The molecule has 1 atom stereocenters. The Labute approximate surface area is 105 Å². The highest BCUT2D eigenvalue weighted by Crippen LogP contribution is 2.28. The van der Waals surface area contributed by atoms with E-state index in [1.54, 1.807) is 12.1 Å². The molecule has 0 aliphatic rings. The van der Waals surface area contributed by atoms with Gasteiger partial charge in [-0.15, -0.1) is 0 Å². The van der Waals surface area contributed by atoms with E-state index in [9.17, 15) is 14.9 Å². The molecule has 0 amide bonds. The Morgan fingerprint density at radius 1 is 1.56 bits per heavy atom. The van der Waals surface area contributed by atoms with Crippen molar-refractivity contribution in [3.63, 3.8) is 0 Å². The van der Waals surface area contributed by atoms with Crippen molar-refractivity contribution in [3.8, 4) is 0 Å². The van der Waals surface area contributed by atoms with Gasteiger partial charge in [-0.2, -0.15) is 0 Å². The fourth-order valence-electron chi connectivity index (χ4n) is 1.69. The fraction of sp³-hybridized carbons (Fsp3) is 0.417. The van der Waals surface area contributed by atoms with Crippen molar-refractivity contribution >= 4 is 11.7 Å². The monoisotopic (exact) mass is 252 g/mol. The Hall–Kier alpha value is -1.95. The van der Waals surface area contributed by atoms with Gasteiger partial charge in [0.25, 0.3) is 5.69 Å². The molecule has 6 nitrogen and oxygen atoms in total. The zero-order chi connectivity index (χ0) is 13.8. The van der Waals surface area contributed by atoms with E-state index in [0.29, 0.717) is 12.0 Å². The van der Waals surface area contributed by atoms with Gasteiger partial charge >= 0.3 is 5.97 Å². The van der Waals surface area contributed by atoms with E-state index >= 15 is 0 Å². The summed E-state index contributed by atoms with van der Waals surface area (Å²) in [6.45, 7) is 1.82. The fourth-order valence-corrected chi connectivity index (χ4v) is 1.69. The van der Waals surface area contributed by atoms with Crippen LogP contribution in [0.4, 0.5) is 5.69 Å². The van der Waals surface area contributed by atoms with Gasteiger partial charge in [-0.1, -0.05) is 19.1 Å². The molecule has 0 fully saturated rings. The van der Waals surface area contributed by atoms with Crippen molar-refractivity contribution in [1.29, 1.82) is 0 Å². The number of nitrogens with zero attached hydrogens (tertiary/aromatic N) is 1. The summed E-state index contributed by atoms with van der Waals surface area (Å²) in [6, 6.07) is 6.02. The summed E-state index contributed by atoms with van der Waals surface area (Å²) >= 11 is 0. The van der Waals surface area contributed by atoms with E-state index in [4.69, 9.17) is 5.73 Å². The van der Waals surface area contributed by atoms with E-state index in [-0.39, 0.29) is 12.1 Å². The van der Waals surface area contributed by atoms with E-state index in [0.717, 1.165) is 0 Å². The largest absolute Gasteiger partial charge is 0.469 e. The van der Waals surface area contributed by atoms with Crippen molar-refractivity contribution in [2.45, 2.75) is 25.3 Å². The molecule has 0 bridgehead atoms. The number of non-ortho nitro benzene ring substituents is 1. The molecule has 1 aromatic rings. The van der Waals surface area contributed by atoms with Crippen LogP contribution < -0.4 is 5.73 Å². The van der Waals surface area contributed by atoms with Gasteiger partial charge in [0, 0.05) is 12.1 Å². The zero-order valence-corrected chi connectivity index (χ0v) is 10.4. The summed E-state index contributed by atoms with van der Waals surface area (Å²) in [7, 11) is 1.28. The number of hydrogen-bond acceptors (Lipinski definition) is 5. The number of carbonyl (C=O) groups is 1. The van der Waals surface area contributed by atoms with Crippen LogP contribution in [0.25, 0.3) is 0 Å². The van der Waals surface area contributed by atoms with Gasteiger partial charge in [-0.3, -0.25) is 14.9 Å². The Balaban J connectivity index is 3.11. The predicted octanol–water partition coefficient (Wildman–Crippen LogP) is 1.72. The lowest BCUT2D eigenvalue weighted by atomic mass is 9.85. The van der Waals surface area contributed by atoms with Crippen LogP contribution in [0.1, 0.15) is 25.3 Å². The van der Waals surface area contributed by atoms with E-state index in [1.807, 2.05) is 6.92 Å². The Bertz CT molecular complexity index is 461. The number of nitro groups is 1. The second-order valence-corrected chi connectivity index (χ2v) is 4.07. The average molecular weight is 252 g/mol. The highest BCUT2D eigenvalue weighted by Gasteiger charge is 2.30. The molecule has 6 heteroatoms. The van der Waals surface area contributed by atoms with Crippen LogP contribution in [0.2, 0.25) is 0 Å². The second kappa shape index (κ2) is 5.59. The van der Waals surface area contributed by atoms with E-state index in [2.05, 4.69) is 4.74 Å². The first kappa shape index (κ1) is 14.1. The van der Waals surface area contributed by atoms with E-state index < -0.39 is 16.4 Å². The van der Waals surface area contributed by atoms with Gasteiger partial charge in [-0.05, 0) is 12.0 Å². The number of nitro benzene ring substituents is 1. The van der Waals surface area contributed by atoms with Gasteiger partial charge in [0.2, 0.25) is 0 Å². The Morgan fingerprint density at radius 3 is 2.72 bits per heavy atom. The van der Waals surface area contributed by atoms with Crippen molar-refractivity contribution in [1.82, 2.24) is 0 Å². The first-order valence-electron chi connectivity index (χ1n) is 5.53. The topological polar surface area (TPSA) is 95.5 Å². The van der Waals surface area contributed by atoms with Gasteiger partial charge in [0.15, 0.2) is 0 Å². The molecule has 0 aliphatic heterocycles. The highest BCUT2D eigenvalue weighted by atomic mass is 16.6. The number of esters is 1. The molecular formula is C12H16N2O4. The van der Waals surface area contributed by atoms with Gasteiger partial charge < -0.3 is 10.5 Å². The van der Waals surface area contributed by atoms with Crippen LogP contribution in [-0.2, 0) is 15.1 Å². The third kappa shape index (κ3) is 3.04. The summed E-state index contributed by atoms with van der Waals surface area (Å²) in [5, 5.41) is 10.7. The third-order valence-corrected chi connectivity index (χ3v) is 2.95. The Kier molecular flexibility index (Phi) is 4.38. The molecule has 0 aliphatic carbocycles. The van der Waals surface area contributed by atoms with Gasteiger partial charge in [0.05, 0.1) is 24.0 Å². The summed E-state index contributed by atoms with van der Waals surface area (Å²) in [6.07, 6.45) is 0.463. The van der Waals surface area contributed by atoms with E-state index in [1.165, 1.54) is 19.2 Å². The third-order valence-electron chi connectivity index (χ3n) is 2.95. The molecule has 18 heavy (non-hydrogen) atoms. The molecule has 0 radical (unpaired) electrons. The van der Waals surface area contributed by atoms with Crippen LogP contribution in [0, 0.1) is 10.1 Å². The van der Waals surface area contributed by atoms with Crippen molar-refractivity contribution in [2.75, 3.05) is 7.11 Å². The maximum Gasteiger partial charge on any atom is 0.307 e. The molecule has 0 heterocycles. The smallest absolute Gasteiger partial charge is 0.307 e. The van der Waals surface area contributed by atoms with Crippen molar-refractivity contribution in [3.05, 3.63) is 39.9 Å². The predicted molar refractivity (Wildman–Crippen MR) is 65.9 cm³/mol. The minimum absolute atomic E-state index is 0.0127. The lowest BCUT2D eigenvalue weighted by molar-refractivity contribution is -0.385. The van der Waals surface area contributed by atoms with Crippen molar-refractivity contribution < 1.29 is 14.5 Å². The molecule has 2 N–H and O–H groups in total. The summed E-state index contributed by atoms with van der Waals surface area (Å²) in [5.41, 5.74) is 5.71. The van der Waals surface area contributed by atoms with Crippen LogP contribution >= 0.6 is 0 Å². The zero-order valence-electron chi connectivity index (χ0n) is 10.4. The molecule has 1 aromatic carbocycles. The summed E-state index contributed by atoms with van der Waals surface area (Å²) in [4.78, 5) is 21.6. The first-order chi connectivity index (χ1) is 8.42. The van der Waals surface area contributed by atoms with Crippen LogP contribution in [0.5, 0.6) is 0 Å². The SMILES string of the molecule is CC[C@](N)(CC(=O)OC)c1cccc([N+](=O)[O-])c1. The lowest BCUT2D eigenvalue weighted by Gasteiger charge is -2.27. The molecule has 0 saturated heterocycles. The normalized spacial score (nSPS) is 13.7. The number of rotatable bonds is 5. The summed E-state index contributed by atoms with van der Waals surface area (Å²) < 4.78 is 4.59. The molecule has 1 rings (SSSR count). The molecular weight excluding hydrogens is 236 g/mol. The quantitative estimate of drug-likeness (QED) is 0.489. The van der Waals surface area contributed by atoms with Gasteiger partial charge in [-0.25, -0.2) is 0 Å². The number of methoxy groups -OCH3 is 1. The number of carbonyl (C=O) groups excluding carboxylic acids is 1. The molecule has 0 saturated carbocycles. The minimum Gasteiger partial charge on any atom is -0.469 e. The molecule has 98 valence electrons. The Morgan fingerprint density at radius 2 is 2.22 bits per heavy atom. The number of nitrogens with two attached hydrogens (primary N) is 1. The standard InChI is InChI=1S/C12H16N2O4/c1-3-12(13,8-11(15)18-2)9-5-4-6-10(7-9)14(16)17/h4-7H,3,8,13H2,1-2H3/t12-/m0/s1. The van der Waals surface area contributed by atoms with Crippen LogP contribution in [-0.4, -0.2) is 18.0 Å². The molecule has 0 spiro atoms.